The number of rotatable bonds is 4. The highest BCUT2D eigenvalue weighted by atomic mass is 35.5. The van der Waals surface area contributed by atoms with Crippen molar-refractivity contribution < 1.29 is 14.2 Å². The van der Waals surface area contributed by atoms with Crippen LogP contribution in [0.3, 0.4) is 0 Å². The van der Waals surface area contributed by atoms with Crippen molar-refractivity contribution in [2.45, 2.75) is 19.6 Å². The monoisotopic (exact) mass is 305 g/mol. The summed E-state index contributed by atoms with van der Waals surface area (Å²) in [6.07, 6.45) is -0.735. The second-order valence-corrected chi connectivity index (χ2v) is 5.04. The van der Waals surface area contributed by atoms with Gasteiger partial charge in [-0.15, -0.1) is 0 Å². The Morgan fingerprint density at radius 2 is 2.10 bits per heavy atom. The Labute approximate surface area is 127 Å². The summed E-state index contributed by atoms with van der Waals surface area (Å²) in [7, 11) is 0. The highest BCUT2D eigenvalue weighted by molar-refractivity contribution is 6.30. The minimum absolute atomic E-state index is 0.0911. The number of hydrogen-bond donors (Lipinski definition) is 1. The van der Waals surface area contributed by atoms with Gasteiger partial charge in [-0.25, -0.2) is 4.39 Å². The van der Waals surface area contributed by atoms with Crippen LogP contribution in [0.4, 0.5) is 4.39 Å². The zero-order valence-corrected chi connectivity index (χ0v) is 12.1. The third kappa shape index (κ3) is 3.94. The van der Waals surface area contributed by atoms with Crippen molar-refractivity contribution in [2.75, 3.05) is 0 Å². The van der Waals surface area contributed by atoms with Gasteiger partial charge in [0, 0.05) is 10.6 Å². The first kappa shape index (κ1) is 15.3. The molecule has 108 valence electrons. The van der Waals surface area contributed by atoms with Crippen LogP contribution in [-0.4, -0.2) is 5.11 Å². The number of nitrogens with zero attached hydrogens (tertiary/aromatic N) is 1. The minimum atomic E-state index is -0.735. The summed E-state index contributed by atoms with van der Waals surface area (Å²) in [5.41, 5.74) is 1.33. The Bertz CT molecular complexity index is 695. The fourth-order valence-electron chi connectivity index (χ4n) is 1.94. The third-order valence-corrected chi connectivity index (χ3v) is 3.14. The summed E-state index contributed by atoms with van der Waals surface area (Å²) < 4.78 is 18.9. The van der Waals surface area contributed by atoms with Gasteiger partial charge in [-0.2, -0.15) is 5.26 Å². The van der Waals surface area contributed by atoms with Crippen molar-refractivity contribution in [3.63, 3.8) is 0 Å². The van der Waals surface area contributed by atoms with Crippen molar-refractivity contribution in [3.05, 3.63) is 63.9 Å². The number of hydrogen-bond acceptors (Lipinski definition) is 3. The van der Waals surface area contributed by atoms with E-state index in [-0.39, 0.29) is 12.2 Å². The predicted molar refractivity (Wildman–Crippen MR) is 77.5 cm³/mol. The molecule has 0 spiro atoms. The summed E-state index contributed by atoms with van der Waals surface area (Å²) in [6, 6.07) is 10.8. The summed E-state index contributed by atoms with van der Waals surface area (Å²) in [6.45, 7) is 1.70. The van der Waals surface area contributed by atoms with Crippen molar-refractivity contribution in [1.29, 1.82) is 5.26 Å². The van der Waals surface area contributed by atoms with E-state index in [1.807, 2.05) is 6.07 Å². The molecule has 0 aliphatic rings. The number of aliphatic hydroxyl groups is 1. The molecule has 0 aliphatic heterocycles. The van der Waals surface area contributed by atoms with Crippen LogP contribution in [-0.2, 0) is 6.61 Å². The van der Waals surface area contributed by atoms with E-state index in [1.54, 1.807) is 31.2 Å². The molecule has 2 aromatic carbocycles. The molecule has 5 heteroatoms. The molecule has 0 radical (unpaired) electrons. The Morgan fingerprint density at radius 3 is 2.76 bits per heavy atom. The first-order valence-corrected chi connectivity index (χ1v) is 6.67. The van der Waals surface area contributed by atoms with Crippen molar-refractivity contribution in [2.24, 2.45) is 0 Å². The molecule has 0 aliphatic carbocycles. The molecule has 0 fully saturated rings. The average molecular weight is 306 g/mol. The van der Waals surface area contributed by atoms with E-state index in [0.29, 0.717) is 21.9 Å². The number of aliphatic hydroxyl groups excluding tert-OH is 1. The van der Waals surface area contributed by atoms with Gasteiger partial charge in [0.15, 0.2) is 0 Å². The van der Waals surface area contributed by atoms with Crippen molar-refractivity contribution in [3.8, 4) is 11.8 Å². The SMILES string of the molecule is C[C@H](O)c1cc(Cl)ccc1OCc1cc(F)cc(C#N)c1. The highest BCUT2D eigenvalue weighted by Gasteiger charge is 2.10. The van der Waals surface area contributed by atoms with E-state index in [1.165, 1.54) is 6.07 Å². The number of benzene rings is 2. The maximum absolute atomic E-state index is 13.3. The van der Waals surface area contributed by atoms with Gasteiger partial charge in [-0.05, 0) is 48.9 Å². The van der Waals surface area contributed by atoms with Crippen molar-refractivity contribution >= 4 is 11.6 Å². The summed E-state index contributed by atoms with van der Waals surface area (Å²) in [4.78, 5) is 0. The molecule has 0 bridgehead atoms. The van der Waals surface area contributed by atoms with Crippen LogP contribution in [0.15, 0.2) is 36.4 Å². The standard InChI is InChI=1S/C16H13ClFNO2/c1-10(20)15-7-13(17)2-3-16(15)21-9-12-4-11(8-19)5-14(18)6-12/h2-7,10,20H,9H2,1H3/t10-/m0/s1. The largest absolute Gasteiger partial charge is 0.489 e. The van der Waals surface area contributed by atoms with E-state index < -0.39 is 11.9 Å². The van der Waals surface area contributed by atoms with Crippen LogP contribution >= 0.6 is 11.6 Å². The normalized spacial score (nSPS) is 11.8. The molecule has 1 atom stereocenters. The molecule has 0 aromatic heterocycles. The lowest BCUT2D eigenvalue weighted by molar-refractivity contribution is 0.190. The smallest absolute Gasteiger partial charge is 0.125 e. The fraction of sp³-hybridized carbons (Fsp3) is 0.188. The molecule has 2 rings (SSSR count). The molecular weight excluding hydrogens is 293 g/mol. The Hall–Kier alpha value is -2.09. The lowest BCUT2D eigenvalue weighted by Crippen LogP contribution is -2.01. The van der Waals surface area contributed by atoms with Crippen LogP contribution in [0.25, 0.3) is 0 Å². The van der Waals surface area contributed by atoms with Crippen LogP contribution < -0.4 is 4.74 Å². The van der Waals surface area contributed by atoms with Gasteiger partial charge in [0.2, 0.25) is 0 Å². The highest BCUT2D eigenvalue weighted by Crippen LogP contribution is 2.29. The molecule has 1 N–H and O–H groups in total. The van der Waals surface area contributed by atoms with Gasteiger partial charge in [-0.1, -0.05) is 11.6 Å². The second kappa shape index (κ2) is 6.57. The molecule has 21 heavy (non-hydrogen) atoms. The lowest BCUT2D eigenvalue weighted by atomic mass is 10.1. The van der Waals surface area contributed by atoms with E-state index in [2.05, 4.69) is 0 Å². The zero-order valence-electron chi connectivity index (χ0n) is 11.3. The first-order valence-electron chi connectivity index (χ1n) is 6.29. The lowest BCUT2D eigenvalue weighted by Gasteiger charge is -2.14. The van der Waals surface area contributed by atoms with Gasteiger partial charge >= 0.3 is 0 Å². The van der Waals surface area contributed by atoms with Crippen molar-refractivity contribution in [1.82, 2.24) is 0 Å². The van der Waals surface area contributed by atoms with Crippen LogP contribution in [0.2, 0.25) is 5.02 Å². The quantitative estimate of drug-likeness (QED) is 0.929. The van der Waals surface area contributed by atoms with Crippen LogP contribution in [0, 0.1) is 17.1 Å². The number of halogens is 2. The van der Waals surface area contributed by atoms with Crippen LogP contribution in [0.1, 0.15) is 29.7 Å². The Kier molecular flexibility index (Phi) is 4.79. The Balaban J connectivity index is 2.21. The number of ether oxygens (including phenoxy) is 1. The van der Waals surface area contributed by atoms with Gasteiger partial charge < -0.3 is 9.84 Å². The van der Waals surface area contributed by atoms with E-state index >= 15 is 0 Å². The molecule has 0 saturated heterocycles. The fourth-order valence-corrected chi connectivity index (χ4v) is 2.12. The molecule has 0 amide bonds. The molecule has 0 heterocycles. The van der Waals surface area contributed by atoms with Gasteiger partial charge in [0.25, 0.3) is 0 Å². The topological polar surface area (TPSA) is 53.2 Å². The van der Waals surface area contributed by atoms with E-state index in [0.717, 1.165) is 6.07 Å². The van der Waals surface area contributed by atoms with E-state index in [9.17, 15) is 9.50 Å². The number of nitriles is 1. The first-order chi connectivity index (χ1) is 9.99. The van der Waals surface area contributed by atoms with Gasteiger partial charge in [-0.3, -0.25) is 0 Å². The van der Waals surface area contributed by atoms with Gasteiger partial charge in [0.05, 0.1) is 17.7 Å². The maximum atomic E-state index is 13.3. The summed E-state index contributed by atoms with van der Waals surface area (Å²) >= 11 is 5.89. The molecule has 0 unspecified atom stereocenters. The summed E-state index contributed by atoms with van der Waals surface area (Å²) in [5, 5.41) is 19.0. The van der Waals surface area contributed by atoms with Crippen LogP contribution in [0.5, 0.6) is 5.75 Å². The third-order valence-electron chi connectivity index (χ3n) is 2.90. The second-order valence-electron chi connectivity index (χ2n) is 4.61. The Morgan fingerprint density at radius 1 is 1.33 bits per heavy atom. The molecule has 3 nitrogen and oxygen atoms in total. The average Bonchev–Trinajstić information content (AvgIpc) is 2.45. The summed E-state index contributed by atoms with van der Waals surface area (Å²) in [5.74, 6) is -0.0170. The van der Waals surface area contributed by atoms with Gasteiger partial charge in [0.1, 0.15) is 18.2 Å². The molecule has 0 saturated carbocycles. The zero-order chi connectivity index (χ0) is 15.4. The molecule has 2 aromatic rings. The maximum Gasteiger partial charge on any atom is 0.125 e. The minimum Gasteiger partial charge on any atom is -0.489 e. The predicted octanol–water partition coefficient (Wildman–Crippen LogP) is 3.98. The van der Waals surface area contributed by atoms with E-state index in [4.69, 9.17) is 21.6 Å². The molecular formula is C16H13ClFNO2.